The number of benzene rings is 2. The molecule has 2 aromatic carbocycles. The first-order valence-corrected chi connectivity index (χ1v) is 7.00. The van der Waals surface area contributed by atoms with Gasteiger partial charge in [-0.1, -0.05) is 36.4 Å². The molecule has 3 rings (SSSR count). The van der Waals surface area contributed by atoms with Gasteiger partial charge in [0, 0.05) is 24.8 Å². The van der Waals surface area contributed by atoms with Gasteiger partial charge in [-0.25, -0.2) is 9.37 Å². The van der Waals surface area contributed by atoms with E-state index in [9.17, 15) is 4.39 Å². The molecule has 3 nitrogen and oxygen atoms in total. The van der Waals surface area contributed by atoms with E-state index in [0.717, 1.165) is 5.56 Å². The van der Waals surface area contributed by atoms with Crippen molar-refractivity contribution in [3.63, 3.8) is 0 Å². The second-order valence-corrected chi connectivity index (χ2v) is 4.99. The Bertz CT molecular complexity index is 775. The summed E-state index contributed by atoms with van der Waals surface area (Å²) in [5.41, 5.74) is 1.71. The van der Waals surface area contributed by atoms with E-state index in [1.165, 1.54) is 6.07 Å². The molecule has 0 spiro atoms. The van der Waals surface area contributed by atoms with Gasteiger partial charge in [0.2, 0.25) is 5.88 Å². The van der Waals surface area contributed by atoms with E-state index >= 15 is 0 Å². The van der Waals surface area contributed by atoms with Crippen LogP contribution in [0.4, 0.5) is 4.39 Å². The third-order valence-electron chi connectivity index (χ3n) is 3.25. The summed E-state index contributed by atoms with van der Waals surface area (Å²) in [6, 6.07) is 16.4. The van der Waals surface area contributed by atoms with Crippen molar-refractivity contribution in [3.8, 4) is 11.6 Å². The van der Waals surface area contributed by atoms with Crippen LogP contribution < -0.4 is 4.74 Å². The number of aryl methyl sites for hydroxylation is 1. The van der Waals surface area contributed by atoms with Crippen molar-refractivity contribution in [1.29, 1.82) is 0 Å². The van der Waals surface area contributed by atoms with E-state index in [-0.39, 0.29) is 5.82 Å². The first kappa shape index (κ1) is 14.2. The fraction of sp³-hybridized carbons (Fsp3) is 0.111. The van der Waals surface area contributed by atoms with Crippen molar-refractivity contribution in [2.45, 2.75) is 13.3 Å². The number of halogens is 1. The van der Waals surface area contributed by atoms with Gasteiger partial charge in [0.05, 0.1) is 0 Å². The highest BCUT2D eigenvalue weighted by Crippen LogP contribution is 2.21. The van der Waals surface area contributed by atoms with Crippen LogP contribution in [0.15, 0.2) is 60.8 Å². The number of hydrogen-bond acceptors (Lipinski definition) is 3. The smallest absolute Gasteiger partial charge is 0.222 e. The van der Waals surface area contributed by atoms with E-state index in [2.05, 4.69) is 9.97 Å². The van der Waals surface area contributed by atoms with Crippen molar-refractivity contribution in [1.82, 2.24) is 9.97 Å². The number of ether oxygens (including phenoxy) is 1. The van der Waals surface area contributed by atoms with Crippen LogP contribution in [0.5, 0.6) is 11.6 Å². The largest absolute Gasteiger partial charge is 0.439 e. The third kappa shape index (κ3) is 3.47. The van der Waals surface area contributed by atoms with Gasteiger partial charge in [0.1, 0.15) is 17.4 Å². The summed E-state index contributed by atoms with van der Waals surface area (Å²) in [4.78, 5) is 8.60. The molecule has 0 radical (unpaired) electrons. The molecule has 0 aliphatic heterocycles. The van der Waals surface area contributed by atoms with Crippen molar-refractivity contribution < 1.29 is 9.13 Å². The highest BCUT2D eigenvalue weighted by molar-refractivity contribution is 5.31. The molecule has 0 aliphatic carbocycles. The van der Waals surface area contributed by atoms with Crippen LogP contribution >= 0.6 is 0 Å². The van der Waals surface area contributed by atoms with Crippen LogP contribution in [0.25, 0.3) is 0 Å². The van der Waals surface area contributed by atoms with Crippen LogP contribution in [0.3, 0.4) is 0 Å². The zero-order valence-electron chi connectivity index (χ0n) is 12.2. The van der Waals surface area contributed by atoms with Gasteiger partial charge in [-0.15, -0.1) is 0 Å². The van der Waals surface area contributed by atoms with Crippen molar-refractivity contribution in [2.75, 3.05) is 0 Å². The molecule has 0 aliphatic rings. The standard InChI is InChI=1S/C18H15FN2O/c1-13-7-8-15(12-16(13)19)22-18-9-10-20-17(21-18)11-14-5-3-2-4-6-14/h2-10,12H,11H2,1H3. The number of aromatic nitrogens is 2. The Balaban J connectivity index is 1.77. The van der Waals surface area contributed by atoms with E-state index in [4.69, 9.17) is 4.74 Å². The van der Waals surface area contributed by atoms with Crippen molar-refractivity contribution >= 4 is 0 Å². The molecule has 0 N–H and O–H groups in total. The second-order valence-electron chi connectivity index (χ2n) is 4.99. The summed E-state index contributed by atoms with van der Waals surface area (Å²) in [5, 5.41) is 0. The summed E-state index contributed by atoms with van der Waals surface area (Å²) in [6.45, 7) is 1.71. The number of nitrogens with zero attached hydrogens (tertiary/aromatic N) is 2. The van der Waals surface area contributed by atoms with E-state index in [1.807, 2.05) is 30.3 Å². The van der Waals surface area contributed by atoms with Gasteiger partial charge in [0.15, 0.2) is 0 Å². The first-order valence-electron chi connectivity index (χ1n) is 7.00. The summed E-state index contributed by atoms with van der Waals surface area (Å²) in [6.07, 6.45) is 2.27. The topological polar surface area (TPSA) is 35.0 Å². The zero-order valence-corrected chi connectivity index (χ0v) is 12.2. The minimum absolute atomic E-state index is 0.295. The highest BCUT2D eigenvalue weighted by atomic mass is 19.1. The molecule has 3 aromatic rings. The quantitative estimate of drug-likeness (QED) is 0.719. The molecule has 22 heavy (non-hydrogen) atoms. The predicted octanol–water partition coefficient (Wildman–Crippen LogP) is 4.31. The van der Waals surface area contributed by atoms with Gasteiger partial charge >= 0.3 is 0 Å². The molecule has 4 heteroatoms. The lowest BCUT2D eigenvalue weighted by molar-refractivity contribution is 0.454. The van der Waals surface area contributed by atoms with E-state index < -0.39 is 0 Å². The van der Waals surface area contributed by atoms with Crippen LogP contribution in [-0.2, 0) is 6.42 Å². The Kier molecular flexibility index (Phi) is 4.10. The minimum atomic E-state index is -0.295. The normalized spacial score (nSPS) is 10.5. The molecular weight excluding hydrogens is 279 g/mol. The summed E-state index contributed by atoms with van der Waals surface area (Å²) >= 11 is 0. The fourth-order valence-electron chi connectivity index (χ4n) is 2.06. The van der Waals surface area contributed by atoms with Crippen LogP contribution in [0.2, 0.25) is 0 Å². The maximum Gasteiger partial charge on any atom is 0.222 e. The van der Waals surface area contributed by atoms with Crippen molar-refractivity contribution in [2.24, 2.45) is 0 Å². The predicted molar refractivity (Wildman–Crippen MR) is 82.5 cm³/mol. The van der Waals surface area contributed by atoms with Gasteiger partial charge in [0.25, 0.3) is 0 Å². The number of hydrogen-bond donors (Lipinski definition) is 0. The molecule has 0 fully saturated rings. The van der Waals surface area contributed by atoms with Crippen LogP contribution in [0.1, 0.15) is 17.0 Å². The first-order chi connectivity index (χ1) is 10.7. The Morgan fingerprint density at radius 3 is 2.64 bits per heavy atom. The van der Waals surface area contributed by atoms with Crippen molar-refractivity contribution in [3.05, 3.63) is 83.6 Å². The molecule has 0 amide bonds. The average Bonchev–Trinajstić information content (AvgIpc) is 2.52. The van der Waals surface area contributed by atoms with E-state index in [1.54, 1.807) is 31.3 Å². The zero-order chi connectivity index (χ0) is 15.4. The summed E-state index contributed by atoms with van der Waals surface area (Å²) in [7, 11) is 0. The van der Waals surface area contributed by atoms with Gasteiger partial charge in [-0.05, 0) is 24.1 Å². The lowest BCUT2D eigenvalue weighted by atomic mass is 10.1. The molecule has 1 aromatic heterocycles. The third-order valence-corrected chi connectivity index (χ3v) is 3.25. The minimum Gasteiger partial charge on any atom is -0.439 e. The monoisotopic (exact) mass is 294 g/mol. The maximum absolute atomic E-state index is 13.5. The summed E-state index contributed by atoms with van der Waals surface area (Å²) < 4.78 is 19.1. The molecule has 0 bridgehead atoms. The van der Waals surface area contributed by atoms with E-state index in [0.29, 0.717) is 29.4 Å². The Morgan fingerprint density at radius 2 is 1.86 bits per heavy atom. The lowest BCUT2D eigenvalue weighted by Crippen LogP contribution is -1.98. The molecule has 0 saturated heterocycles. The number of rotatable bonds is 4. The van der Waals surface area contributed by atoms with Crippen LogP contribution in [0, 0.1) is 12.7 Å². The maximum atomic E-state index is 13.5. The molecule has 1 heterocycles. The van der Waals surface area contributed by atoms with Crippen LogP contribution in [-0.4, -0.2) is 9.97 Å². The fourth-order valence-corrected chi connectivity index (χ4v) is 2.06. The van der Waals surface area contributed by atoms with Gasteiger partial charge < -0.3 is 4.74 Å². The Labute approximate surface area is 128 Å². The SMILES string of the molecule is Cc1ccc(Oc2ccnc(Cc3ccccc3)n2)cc1F. The molecule has 0 unspecified atom stereocenters. The molecule has 110 valence electrons. The Morgan fingerprint density at radius 1 is 1.05 bits per heavy atom. The van der Waals surface area contributed by atoms with Gasteiger partial charge in [-0.3, -0.25) is 0 Å². The summed E-state index contributed by atoms with van der Waals surface area (Å²) in [5.74, 6) is 1.20. The Hall–Kier alpha value is -2.75. The molecule has 0 atom stereocenters. The highest BCUT2D eigenvalue weighted by Gasteiger charge is 2.05. The molecule has 0 saturated carbocycles. The van der Waals surface area contributed by atoms with Gasteiger partial charge in [-0.2, -0.15) is 4.98 Å². The molecular formula is C18H15FN2O. The lowest BCUT2D eigenvalue weighted by Gasteiger charge is -2.07. The average molecular weight is 294 g/mol. The second kappa shape index (κ2) is 6.35.